The van der Waals surface area contributed by atoms with Crippen molar-refractivity contribution in [3.05, 3.63) is 35.0 Å². The zero-order chi connectivity index (χ0) is 16.8. The molecule has 23 heavy (non-hydrogen) atoms. The van der Waals surface area contributed by atoms with Gasteiger partial charge >= 0.3 is 6.18 Å². The topological polar surface area (TPSA) is 56.3 Å². The normalized spacial score (nSPS) is 18.4. The summed E-state index contributed by atoms with van der Waals surface area (Å²) >= 11 is 5.89. The van der Waals surface area contributed by atoms with Crippen LogP contribution in [0.15, 0.2) is 24.3 Å². The number of likely N-dealkylation sites (tertiary alicyclic amines) is 1. The summed E-state index contributed by atoms with van der Waals surface area (Å²) < 4.78 is 38.3. The molecule has 8 heteroatoms. The van der Waals surface area contributed by atoms with Crippen molar-refractivity contribution in [2.75, 3.05) is 13.1 Å². The molecule has 0 unspecified atom stereocenters. The molecule has 0 atom stereocenters. The van der Waals surface area contributed by atoms with Crippen LogP contribution in [0.4, 0.5) is 13.2 Å². The number of hydrogen-bond donors (Lipinski definition) is 2. The number of hydrogen-bond acceptors (Lipinski definition) is 2. The molecular formula is C15H14ClF3N2O2. The largest absolute Gasteiger partial charge is 0.417 e. The van der Waals surface area contributed by atoms with Crippen LogP contribution < -0.4 is 0 Å². The second-order valence-electron chi connectivity index (χ2n) is 5.74. The van der Waals surface area contributed by atoms with Crippen LogP contribution in [0.3, 0.4) is 0 Å². The highest BCUT2D eigenvalue weighted by molar-refractivity contribution is 6.31. The number of aliphatic hydroxyl groups is 1. The Hall–Kier alpha value is -1.73. The molecule has 1 saturated heterocycles. The first-order valence-corrected chi connectivity index (χ1v) is 7.44. The first-order valence-electron chi connectivity index (χ1n) is 7.06. The highest BCUT2D eigenvalue weighted by Crippen LogP contribution is 2.38. The first-order chi connectivity index (χ1) is 10.7. The minimum Gasteiger partial charge on any atom is -0.380 e. The lowest BCUT2D eigenvalue weighted by molar-refractivity contribution is -0.271. The number of alkyl halides is 3. The van der Waals surface area contributed by atoms with Crippen molar-refractivity contribution in [3.8, 4) is 0 Å². The summed E-state index contributed by atoms with van der Waals surface area (Å²) in [6.07, 6.45) is -5.72. The Labute approximate surface area is 134 Å². The molecule has 0 bridgehead atoms. The van der Waals surface area contributed by atoms with Gasteiger partial charge in [0.05, 0.1) is 0 Å². The standard InChI is InChI=1S/C15H14ClF3N2O2/c16-10-1-2-11-9(7-10)8-12(20-11)13(22)21-5-3-14(23,4-6-21)15(17,18)19/h1-2,7-8,20,23H,3-6H2. The highest BCUT2D eigenvalue weighted by Gasteiger charge is 2.54. The predicted octanol–water partition coefficient (Wildman–Crippen LogP) is 3.35. The van der Waals surface area contributed by atoms with E-state index in [0.29, 0.717) is 10.7 Å². The van der Waals surface area contributed by atoms with Crippen LogP contribution in [-0.4, -0.2) is 45.8 Å². The summed E-state index contributed by atoms with van der Waals surface area (Å²) in [4.78, 5) is 16.7. The van der Waals surface area contributed by atoms with Crippen molar-refractivity contribution in [3.63, 3.8) is 0 Å². The van der Waals surface area contributed by atoms with E-state index in [2.05, 4.69) is 4.98 Å². The monoisotopic (exact) mass is 346 g/mol. The number of amides is 1. The van der Waals surface area contributed by atoms with Crippen LogP contribution in [0, 0.1) is 0 Å². The van der Waals surface area contributed by atoms with E-state index < -0.39 is 24.6 Å². The van der Waals surface area contributed by atoms with Gasteiger partial charge in [-0.05, 0) is 24.3 Å². The van der Waals surface area contributed by atoms with Gasteiger partial charge in [-0.1, -0.05) is 11.6 Å². The number of rotatable bonds is 1. The van der Waals surface area contributed by atoms with Gasteiger partial charge in [0, 0.05) is 41.9 Å². The van der Waals surface area contributed by atoms with Crippen LogP contribution in [-0.2, 0) is 0 Å². The summed E-state index contributed by atoms with van der Waals surface area (Å²) in [7, 11) is 0. The second-order valence-corrected chi connectivity index (χ2v) is 6.17. The van der Waals surface area contributed by atoms with Crippen LogP contribution >= 0.6 is 11.6 Å². The third-order valence-electron chi connectivity index (χ3n) is 4.22. The Kier molecular flexibility index (Phi) is 3.80. The van der Waals surface area contributed by atoms with Crippen LogP contribution in [0.2, 0.25) is 5.02 Å². The van der Waals surface area contributed by atoms with Gasteiger partial charge in [0.1, 0.15) is 5.69 Å². The number of H-pyrrole nitrogens is 1. The summed E-state index contributed by atoms with van der Waals surface area (Å²) in [5, 5.41) is 10.9. The van der Waals surface area contributed by atoms with Crippen LogP contribution in [0.25, 0.3) is 10.9 Å². The van der Waals surface area contributed by atoms with E-state index in [1.807, 2.05) is 0 Å². The van der Waals surface area contributed by atoms with Gasteiger partial charge in [-0.25, -0.2) is 0 Å². The lowest BCUT2D eigenvalue weighted by Gasteiger charge is -2.38. The third kappa shape index (κ3) is 2.90. The maximum Gasteiger partial charge on any atom is 0.417 e. The van der Waals surface area contributed by atoms with Crippen molar-refractivity contribution >= 4 is 28.4 Å². The summed E-state index contributed by atoms with van der Waals surface area (Å²) in [6.45, 7) is -0.296. The fraction of sp³-hybridized carbons (Fsp3) is 0.400. The number of fused-ring (bicyclic) bond motifs is 1. The van der Waals surface area contributed by atoms with Crippen LogP contribution in [0.5, 0.6) is 0 Å². The van der Waals surface area contributed by atoms with Gasteiger partial charge in [0.2, 0.25) is 0 Å². The van der Waals surface area contributed by atoms with Gasteiger partial charge < -0.3 is 15.0 Å². The molecule has 4 nitrogen and oxygen atoms in total. The van der Waals surface area contributed by atoms with Gasteiger partial charge in [-0.15, -0.1) is 0 Å². The van der Waals surface area contributed by atoms with Crippen molar-refractivity contribution < 1.29 is 23.1 Å². The molecule has 2 heterocycles. The number of carbonyl (C=O) groups excluding carboxylic acids is 1. The van der Waals surface area contributed by atoms with Gasteiger partial charge in [-0.2, -0.15) is 13.2 Å². The number of aromatic nitrogens is 1. The predicted molar refractivity (Wildman–Crippen MR) is 79.5 cm³/mol. The van der Waals surface area contributed by atoms with Gasteiger partial charge in [-0.3, -0.25) is 4.79 Å². The lowest BCUT2D eigenvalue weighted by atomic mass is 9.90. The van der Waals surface area contributed by atoms with Crippen molar-refractivity contribution in [2.24, 2.45) is 0 Å². The van der Waals surface area contributed by atoms with E-state index in [0.717, 1.165) is 10.9 Å². The molecular weight excluding hydrogens is 333 g/mol. The molecule has 124 valence electrons. The first kappa shape index (κ1) is 16.1. The number of carbonyl (C=O) groups is 1. The average molecular weight is 347 g/mol. The van der Waals surface area contributed by atoms with Crippen molar-refractivity contribution in [1.82, 2.24) is 9.88 Å². The fourth-order valence-corrected chi connectivity index (χ4v) is 2.93. The van der Waals surface area contributed by atoms with Crippen molar-refractivity contribution in [2.45, 2.75) is 24.6 Å². The molecule has 1 amide bonds. The second kappa shape index (κ2) is 5.42. The van der Waals surface area contributed by atoms with E-state index in [9.17, 15) is 23.1 Å². The van der Waals surface area contributed by atoms with Crippen molar-refractivity contribution in [1.29, 1.82) is 0 Å². The number of halogens is 4. The maximum atomic E-state index is 12.8. The zero-order valence-corrected chi connectivity index (χ0v) is 12.7. The summed E-state index contributed by atoms with van der Waals surface area (Å²) in [6, 6.07) is 6.73. The average Bonchev–Trinajstić information content (AvgIpc) is 2.89. The molecule has 2 N–H and O–H groups in total. The third-order valence-corrected chi connectivity index (χ3v) is 4.45. The smallest absolute Gasteiger partial charge is 0.380 e. The molecule has 0 spiro atoms. The molecule has 2 aromatic rings. The van der Waals surface area contributed by atoms with E-state index in [4.69, 9.17) is 11.6 Å². The minimum absolute atomic E-state index is 0.148. The quantitative estimate of drug-likeness (QED) is 0.832. The van der Waals surface area contributed by atoms with E-state index in [1.54, 1.807) is 24.3 Å². The Morgan fingerprint density at radius 3 is 2.52 bits per heavy atom. The molecule has 1 fully saturated rings. The highest BCUT2D eigenvalue weighted by atomic mass is 35.5. The zero-order valence-electron chi connectivity index (χ0n) is 12.0. The Morgan fingerprint density at radius 1 is 1.26 bits per heavy atom. The molecule has 0 aliphatic carbocycles. The minimum atomic E-state index is -4.68. The van der Waals surface area contributed by atoms with Gasteiger partial charge in [0.25, 0.3) is 5.91 Å². The fourth-order valence-electron chi connectivity index (χ4n) is 2.75. The molecule has 0 saturated carbocycles. The number of aromatic amines is 1. The number of nitrogens with one attached hydrogen (secondary N) is 1. The Balaban J connectivity index is 1.76. The van der Waals surface area contributed by atoms with E-state index in [-0.39, 0.29) is 19.0 Å². The molecule has 1 aliphatic rings. The number of piperidine rings is 1. The Bertz CT molecular complexity index is 749. The van der Waals surface area contributed by atoms with Gasteiger partial charge in [0.15, 0.2) is 5.60 Å². The SMILES string of the molecule is O=C(c1cc2cc(Cl)ccc2[nH]1)N1CCC(O)(C(F)(F)F)CC1. The molecule has 3 rings (SSSR count). The van der Waals surface area contributed by atoms with E-state index in [1.165, 1.54) is 4.90 Å². The molecule has 0 radical (unpaired) electrons. The molecule has 1 aromatic carbocycles. The molecule has 1 aromatic heterocycles. The summed E-state index contributed by atoms with van der Waals surface area (Å²) in [5.74, 6) is -0.387. The maximum absolute atomic E-state index is 12.8. The number of nitrogens with zero attached hydrogens (tertiary/aromatic N) is 1. The molecule has 1 aliphatic heterocycles. The lowest BCUT2D eigenvalue weighted by Crippen LogP contribution is -2.54. The van der Waals surface area contributed by atoms with E-state index >= 15 is 0 Å². The Morgan fingerprint density at radius 2 is 1.91 bits per heavy atom. The van der Waals surface area contributed by atoms with Crippen LogP contribution in [0.1, 0.15) is 23.3 Å². The number of benzene rings is 1. The summed E-state index contributed by atoms with van der Waals surface area (Å²) in [5.41, 5.74) is -1.70.